The molecule has 0 aliphatic carbocycles. The largest absolute Gasteiger partial charge is 0.493 e. The Morgan fingerprint density at radius 1 is 1.04 bits per heavy atom. The van der Waals surface area contributed by atoms with Gasteiger partial charge >= 0.3 is 0 Å². The molecule has 0 fully saturated rings. The van der Waals surface area contributed by atoms with Crippen molar-refractivity contribution < 1.29 is 14.3 Å². The van der Waals surface area contributed by atoms with Gasteiger partial charge in [0, 0.05) is 19.0 Å². The van der Waals surface area contributed by atoms with E-state index in [9.17, 15) is 4.79 Å². The molecular weight excluding hydrogens is 326 g/mol. The Bertz CT molecular complexity index is 700. The molecule has 0 saturated heterocycles. The number of hydrogen-bond acceptors (Lipinski definition) is 3. The van der Waals surface area contributed by atoms with Crippen molar-refractivity contribution in [3.63, 3.8) is 0 Å². The second-order valence-electron chi connectivity index (χ2n) is 6.42. The van der Waals surface area contributed by atoms with Gasteiger partial charge in [-0.1, -0.05) is 49.4 Å². The third-order valence-corrected chi connectivity index (χ3v) is 4.73. The van der Waals surface area contributed by atoms with E-state index in [1.54, 1.807) is 14.2 Å². The first kappa shape index (κ1) is 19.8. The Morgan fingerprint density at radius 3 is 2.38 bits per heavy atom. The van der Waals surface area contributed by atoms with Gasteiger partial charge in [0.25, 0.3) is 0 Å². The Labute approximate surface area is 156 Å². The maximum absolute atomic E-state index is 12.9. The molecule has 26 heavy (non-hydrogen) atoms. The summed E-state index contributed by atoms with van der Waals surface area (Å²) in [6.07, 6.45) is 2.00. The zero-order valence-electron chi connectivity index (χ0n) is 16.2. The van der Waals surface area contributed by atoms with Crippen LogP contribution in [0.4, 0.5) is 0 Å². The summed E-state index contributed by atoms with van der Waals surface area (Å²) in [6.45, 7) is 4.86. The van der Waals surface area contributed by atoms with Gasteiger partial charge in [-0.25, -0.2) is 0 Å². The molecule has 0 radical (unpaired) electrons. The van der Waals surface area contributed by atoms with Crippen LogP contribution in [0.25, 0.3) is 0 Å². The molecule has 2 rings (SSSR count). The SMILES string of the molecule is CCC(C)N(Cc1ccccc1)C(=O)CCc1cccc(OC)c1OC. The minimum Gasteiger partial charge on any atom is -0.493 e. The number of methoxy groups -OCH3 is 2. The topological polar surface area (TPSA) is 38.8 Å². The Kier molecular flexibility index (Phi) is 7.52. The number of aryl methyl sites for hydroxylation is 1. The van der Waals surface area contributed by atoms with Crippen LogP contribution < -0.4 is 9.47 Å². The minimum atomic E-state index is 0.160. The third-order valence-electron chi connectivity index (χ3n) is 4.73. The molecule has 4 nitrogen and oxygen atoms in total. The lowest BCUT2D eigenvalue weighted by atomic mass is 10.1. The van der Waals surface area contributed by atoms with Crippen LogP contribution in [0, 0.1) is 0 Å². The van der Waals surface area contributed by atoms with Crippen molar-refractivity contribution in [1.29, 1.82) is 0 Å². The average molecular weight is 355 g/mol. The van der Waals surface area contributed by atoms with Crippen LogP contribution in [0.2, 0.25) is 0 Å². The summed E-state index contributed by atoms with van der Waals surface area (Å²) in [6, 6.07) is 16.1. The molecule has 0 saturated carbocycles. The highest BCUT2D eigenvalue weighted by Crippen LogP contribution is 2.31. The molecule has 2 aromatic rings. The molecule has 140 valence electrons. The lowest BCUT2D eigenvalue weighted by molar-refractivity contribution is -0.134. The van der Waals surface area contributed by atoms with Crippen molar-refractivity contribution >= 4 is 5.91 Å². The smallest absolute Gasteiger partial charge is 0.223 e. The van der Waals surface area contributed by atoms with Crippen molar-refractivity contribution in [2.75, 3.05) is 14.2 Å². The standard InChI is InChI=1S/C22H29NO3/c1-5-17(2)23(16-18-10-7-6-8-11-18)21(24)15-14-19-12-9-13-20(25-3)22(19)26-4/h6-13,17H,5,14-16H2,1-4H3. The number of benzene rings is 2. The van der Waals surface area contributed by atoms with E-state index >= 15 is 0 Å². The summed E-state index contributed by atoms with van der Waals surface area (Å²) in [5.41, 5.74) is 2.14. The van der Waals surface area contributed by atoms with Gasteiger partial charge < -0.3 is 14.4 Å². The van der Waals surface area contributed by atoms with Crippen LogP contribution in [0.1, 0.15) is 37.8 Å². The highest BCUT2D eigenvalue weighted by Gasteiger charge is 2.20. The van der Waals surface area contributed by atoms with E-state index in [1.807, 2.05) is 41.3 Å². The van der Waals surface area contributed by atoms with Gasteiger partial charge in [-0.05, 0) is 37.0 Å². The van der Waals surface area contributed by atoms with Crippen LogP contribution in [0.3, 0.4) is 0 Å². The van der Waals surface area contributed by atoms with Gasteiger partial charge in [-0.3, -0.25) is 4.79 Å². The first-order valence-corrected chi connectivity index (χ1v) is 9.13. The van der Waals surface area contributed by atoms with Gasteiger partial charge in [-0.2, -0.15) is 0 Å². The van der Waals surface area contributed by atoms with Crippen molar-refractivity contribution in [2.45, 2.75) is 45.7 Å². The van der Waals surface area contributed by atoms with E-state index in [-0.39, 0.29) is 11.9 Å². The molecule has 0 bridgehead atoms. The van der Waals surface area contributed by atoms with Gasteiger partial charge in [0.1, 0.15) is 0 Å². The number of amides is 1. The summed E-state index contributed by atoms with van der Waals surface area (Å²) in [7, 11) is 3.25. The van der Waals surface area contributed by atoms with E-state index in [0.29, 0.717) is 30.9 Å². The molecule has 2 aromatic carbocycles. The van der Waals surface area contributed by atoms with Crippen molar-refractivity contribution in [3.05, 3.63) is 59.7 Å². The molecule has 1 unspecified atom stereocenters. The van der Waals surface area contributed by atoms with E-state index in [0.717, 1.165) is 17.5 Å². The quantitative estimate of drug-likeness (QED) is 0.666. The van der Waals surface area contributed by atoms with Crippen LogP contribution in [0.5, 0.6) is 11.5 Å². The molecule has 1 amide bonds. The predicted molar refractivity (Wildman–Crippen MR) is 105 cm³/mol. The average Bonchev–Trinajstić information content (AvgIpc) is 2.69. The molecule has 4 heteroatoms. The lowest BCUT2D eigenvalue weighted by Gasteiger charge is -2.29. The highest BCUT2D eigenvalue weighted by atomic mass is 16.5. The van der Waals surface area contributed by atoms with Gasteiger partial charge in [0.05, 0.1) is 14.2 Å². The van der Waals surface area contributed by atoms with Crippen LogP contribution >= 0.6 is 0 Å². The van der Waals surface area contributed by atoms with E-state index in [2.05, 4.69) is 26.0 Å². The van der Waals surface area contributed by atoms with Crippen molar-refractivity contribution in [3.8, 4) is 11.5 Å². The number of ether oxygens (including phenoxy) is 2. The molecule has 0 N–H and O–H groups in total. The first-order valence-electron chi connectivity index (χ1n) is 9.13. The van der Waals surface area contributed by atoms with Crippen LogP contribution in [0.15, 0.2) is 48.5 Å². The summed E-state index contributed by atoms with van der Waals surface area (Å²) >= 11 is 0. The summed E-state index contributed by atoms with van der Waals surface area (Å²) in [4.78, 5) is 14.9. The van der Waals surface area contributed by atoms with Crippen molar-refractivity contribution in [2.24, 2.45) is 0 Å². The number of carbonyl (C=O) groups is 1. The number of para-hydroxylation sites is 1. The first-order chi connectivity index (χ1) is 12.6. The molecule has 0 aromatic heterocycles. The summed E-state index contributed by atoms with van der Waals surface area (Å²) in [5.74, 6) is 1.56. The number of rotatable bonds is 9. The molecule has 0 heterocycles. The predicted octanol–water partition coefficient (Wildman–Crippen LogP) is 4.46. The van der Waals surface area contributed by atoms with Gasteiger partial charge in [0.2, 0.25) is 5.91 Å². The highest BCUT2D eigenvalue weighted by molar-refractivity contribution is 5.77. The summed E-state index contributed by atoms with van der Waals surface area (Å²) < 4.78 is 10.8. The fraction of sp³-hybridized carbons (Fsp3) is 0.409. The zero-order chi connectivity index (χ0) is 18.9. The van der Waals surface area contributed by atoms with E-state index < -0.39 is 0 Å². The molecule has 1 atom stereocenters. The normalized spacial score (nSPS) is 11.7. The number of carbonyl (C=O) groups excluding carboxylic acids is 1. The molecule has 0 aliphatic rings. The lowest BCUT2D eigenvalue weighted by Crippen LogP contribution is -2.37. The molecule has 0 aliphatic heterocycles. The number of nitrogens with zero attached hydrogens (tertiary/aromatic N) is 1. The third kappa shape index (κ3) is 5.01. The second-order valence-corrected chi connectivity index (χ2v) is 6.42. The van der Waals surface area contributed by atoms with E-state index in [1.165, 1.54) is 0 Å². The minimum absolute atomic E-state index is 0.160. The summed E-state index contributed by atoms with van der Waals surface area (Å²) in [5, 5.41) is 0. The Hall–Kier alpha value is -2.49. The maximum atomic E-state index is 12.9. The monoisotopic (exact) mass is 355 g/mol. The fourth-order valence-corrected chi connectivity index (χ4v) is 3.03. The second kappa shape index (κ2) is 9.85. The fourth-order valence-electron chi connectivity index (χ4n) is 3.03. The maximum Gasteiger partial charge on any atom is 0.223 e. The molecular formula is C22H29NO3. The van der Waals surface area contributed by atoms with Gasteiger partial charge in [0.15, 0.2) is 11.5 Å². The van der Waals surface area contributed by atoms with Crippen LogP contribution in [-0.4, -0.2) is 31.1 Å². The zero-order valence-corrected chi connectivity index (χ0v) is 16.2. The van der Waals surface area contributed by atoms with Gasteiger partial charge in [-0.15, -0.1) is 0 Å². The molecule has 0 spiro atoms. The van der Waals surface area contributed by atoms with E-state index in [4.69, 9.17) is 9.47 Å². The van der Waals surface area contributed by atoms with Crippen molar-refractivity contribution in [1.82, 2.24) is 4.90 Å². The van der Waals surface area contributed by atoms with Crippen LogP contribution in [-0.2, 0) is 17.8 Å². The number of hydrogen-bond donors (Lipinski definition) is 0. The Balaban J connectivity index is 2.10. The Morgan fingerprint density at radius 2 is 1.77 bits per heavy atom.